The normalized spacial score (nSPS) is 22.6. The van der Waals surface area contributed by atoms with Crippen LogP contribution in [-0.2, 0) is 11.2 Å². The molecule has 0 spiro atoms. The number of cyclic esters (lactones) is 1. The Hall–Kier alpha value is -2.04. The number of carbonyl (C=O) groups is 1. The largest absolute Gasteiger partial charge is 0.454 e. The summed E-state index contributed by atoms with van der Waals surface area (Å²) in [6, 6.07) is 13.9. The standard InChI is InChI=1S/C19H19ClN2O2/c20-13-3-1-12(2-4-13)9-18-16-6-5-15(10-17(16)19(23)24-18)22-8-7-14(21)11-22/h1-6,10,14,18H,7-9,11,21H2/t14-,18?/m1/s1. The molecule has 0 bridgehead atoms. The Kier molecular flexibility index (Phi) is 3.94. The number of hydrogen-bond acceptors (Lipinski definition) is 4. The Labute approximate surface area is 146 Å². The highest BCUT2D eigenvalue weighted by Crippen LogP contribution is 2.36. The molecule has 1 fully saturated rings. The van der Waals surface area contributed by atoms with Crippen molar-refractivity contribution in [2.45, 2.75) is 25.0 Å². The first-order chi connectivity index (χ1) is 11.6. The average Bonchev–Trinajstić information content (AvgIpc) is 3.14. The molecule has 2 aromatic rings. The molecule has 2 heterocycles. The molecule has 2 atom stereocenters. The number of ether oxygens (including phenoxy) is 1. The summed E-state index contributed by atoms with van der Waals surface area (Å²) in [4.78, 5) is 14.5. The van der Waals surface area contributed by atoms with Crippen LogP contribution in [-0.4, -0.2) is 25.1 Å². The van der Waals surface area contributed by atoms with Gasteiger partial charge in [0.25, 0.3) is 0 Å². The number of benzene rings is 2. The predicted octanol–water partition coefficient (Wildman–Crippen LogP) is 3.33. The molecule has 2 aliphatic heterocycles. The van der Waals surface area contributed by atoms with Crippen molar-refractivity contribution < 1.29 is 9.53 Å². The molecule has 5 heteroatoms. The monoisotopic (exact) mass is 342 g/mol. The summed E-state index contributed by atoms with van der Waals surface area (Å²) in [6.45, 7) is 1.77. The van der Waals surface area contributed by atoms with Crippen molar-refractivity contribution in [3.8, 4) is 0 Å². The fraction of sp³-hybridized carbons (Fsp3) is 0.316. The van der Waals surface area contributed by atoms with Crippen LogP contribution in [0.2, 0.25) is 5.02 Å². The van der Waals surface area contributed by atoms with E-state index in [4.69, 9.17) is 22.1 Å². The molecule has 1 saturated heterocycles. The van der Waals surface area contributed by atoms with Gasteiger partial charge in [0, 0.05) is 41.8 Å². The van der Waals surface area contributed by atoms with E-state index in [0.29, 0.717) is 17.0 Å². The minimum Gasteiger partial charge on any atom is -0.454 e. The molecule has 2 aliphatic rings. The van der Waals surface area contributed by atoms with Crippen molar-refractivity contribution in [2.75, 3.05) is 18.0 Å². The van der Waals surface area contributed by atoms with Crippen LogP contribution in [0.4, 0.5) is 5.69 Å². The Morgan fingerprint density at radius 2 is 2.00 bits per heavy atom. The molecular weight excluding hydrogens is 324 g/mol. The lowest BCUT2D eigenvalue weighted by Crippen LogP contribution is -2.26. The number of nitrogens with zero attached hydrogens (tertiary/aromatic N) is 1. The Morgan fingerprint density at radius 1 is 1.21 bits per heavy atom. The third-order valence-corrected chi connectivity index (χ3v) is 5.03. The Balaban J connectivity index is 1.57. The second kappa shape index (κ2) is 6.11. The van der Waals surface area contributed by atoms with Gasteiger partial charge in [-0.1, -0.05) is 29.8 Å². The van der Waals surface area contributed by atoms with Crippen LogP contribution in [0.1, 0.15) is 34.0 Å². The molecule has 124 valence electrons. The molecule has 4 rings (SSSR count). The first-order valence-electron chi connectivity index (χ1n) is 8.20. The lowest BCUT2D eigenvalue weighted by molar-refractivity contribution is 0.0387. The topological polar surface area (TPSA) is 55.6 Å². The lowest BCUT2D eigenvalue weighted by atomic mass is 9.99. The fourth-order valence-electron chi connectivity index (χ4n) is 3.46. The highest BCUT2D eigenvalue weighted by Gasteiger charge is 2.32. The van der Waals surface area contributed by atoms with Crippen LogP contribution in [0.3, 0.4) is 0 Å². The molecule has 0 radical (unpaired) electrons. The number of hydrogen-bond donors (Lipinski definition) is 1. The smallest absolute Gasteiger partial charge is 0.339 e. The second-order valence-electron chi connectivity index (χ2n) is 6.49. The van der Waals surface area contributed by atoms with Gasteiger partial charge in [0.2, 0.25) is 0 Å². The second-order valence-corrected chi connectivity index (χ2v) is 6.93. The van der Waals surface area contributed by atoms with Gasteiger partial charge in [-0.25, -0.2) is 4.79 Å². The van der Waals surface area contributed by atoms with E-state index in [-0.39, 0.29) is 18.1 Å². The van der Waals surface area contributed by atoms with Gasteiger partial charge in [-0.3, -0.25) is 0 Å². The van der Waals surface area contributed by atoms with Crippen molar-refractivity contribution >= 4 is 23.3 Å². The van der Waals surface area contributed by atoms with Crippen molar-refractivity contribution in [2.24, 2.45) is 5.73 Å². The van der Waals surface area contributed by atoms with Gasteiger partial charge in [0.05, 0.1) is 5.56 Å². The van der Waals surface area contributed by atoms with E-state index < -0.39 is 0 Å². The van der Waals surface area contributed by atoms with Crippen LogP contribution in [0.15, 0.2) is 42.5 Å². The highest BCUT2D eigenvalue weighted by atomic mass is 35.5. The zero-order valence-corrected chi connectivity index (χ0v) is 14.0. The Morgan fingerprint density at radius 3 is 2.71 bits per heavy atom. The first-order valence-corrected chi connectivity index (χ1v) is 8.58. The van der Waals surface area contributed by atoms with E-state index in [1.807, 2.05) is 36.4 Å². The number of nitrogens with two attached hydrogens (primary N) is 1. The molecular formula is C19H19ClN2O2. The van der Waals surface area contributed by atoms with E-state index in [1.165, 1.54) is 0 Å². The predicted molar refractivity (Wildman–Crippen MR) is 94.6 cm³/mol. The van der Waals surface area contributed by atoms with Gasteiger partial charge in [-0.15, -0.1) is 0 Å². The number of halogens is 1. The quantitative estimate of drug-likeness (QED) is 0.869. The zero-order valence-electron chi connectivity index (χ0n) is 13.2. The fourth-order valence-corrected chi connectivity index (χ4v) is 3.59. The van der Waals surface area contributed by atoms with Gasteiger partial charge in [0.1, 0.15) is 6.10 Å². The minimum absolute atomic E-state index is 0.211. The number of anilines is 1. The number of esters is 1. The van der Waals surface area contributed by atoms with Gasteiger partial charge >= 0.3 is 5.97 Å². The van der Waals surface area contributed by atoms with Crippen LogP contribution in [0.5, 0.6) is 0 Å². The zero-order chi connectivity index (χ0) is 16.7. The first kappa shape index (κ1) is 15.5. The molecule has 0 amide bonds. The maximum Gasteiger partial charge on any atom is 0.339 e. The molecule has 0 aliphatic carbocycles. The van der Waals surface area contributed by atoms with Gasteiger partial charge in [0.15, 0.2) is 0 Å². The third-order valence-electron chi connectivity index (χ3n) is 4.78. The summed E-state index contributed by atoms with van der Waals surface area (Å²) in [5.74, 6) is -0.241. The van der Waals surface area contributed by atoms with E-state index in [9.17, 15) is 4.79 Å². The number of rotatable bonds is 3. The Bertz CT molecular complexity index is 775. The molecule has 0 aromatic heterocycles. The minimum atomic E-state index is -0.241. The third kappa shape index (κ3) is 2.87. The summed E-state index contributed by atoms with van der Waals surface area (Å²) >= 11 is 5.92. The molecule has 4 nitrogen and oxygen atoms in total. The summed E-state index contributed by atoms with van der Waals surface area (Å²) in [6.07, 6.45) is 1.41. The van der Waals surface area contributed by atoms with Crippen molar-refractivity contribution in [1.29, 1.82) is 0 Å². The summed E-state index contributed by atoms with van der Waals surface area (Å²) < 4.78 is 5.59. The number of fused-ring (bicyclic) bond motifs is 1. The van der Waals surface area contributed by atoms with Crippen molar-refractivity contribution in [3.05, 3.63) is 64.2 Å². The highest BCUT2D eigenvalue weighted by molar-refractivity contribution is 6.30. The van der Waals surface area contributed by atoms with Crippen LogP contribution in [0.25, 0.3) is 0 Å². The molecule has 0 saturated carbocycles. The molecule has 2 aromatic carbocycles. The van der Waals surface area contributed by atoms with Gasteiger partial charge in [-0.2, -0.15) is 0 Å². The van der Waals surface area contributed by atoms with Crippen LogP contribution in [0, 0.1) is 0 Å². The summed E-state index contributed by atoms with van der Waals surface area (Å²) in [5.41, 5.74) is 9.76. The number of carbonyl (C=O) groups excluding carboxylic acids is 1. The molecule has 1 unspecified atom stereocenters. The van der Waals surface area contributed by atoms with Gasteiger partial charge < -0.3 is 15.4 Å². The van der Waals surface area contributed by atoms with Crippen LogP contribution >= 0.6 is 11.6 Å². The maximum absolute atomic E-state index is 12.3. The summed E-state index contributed by atoms with van der Waals surface area (Å²) in [7, 11) is 0. The average molecular weight is 343 g/mol. The SMILES string of the molecule is N[C@@H]1CCN(c2ccc3c(c2)C(=O)OC3Cc2ccc(Cl)cc2)C1. The summed E-state index contributed by atoms with van der Waals surface area (Å²) in [5, 5.41) is 0.705. The van der Waals surface area contributed by atoms with Crippen molar-refractivity contribution in [1.82, 2.24) is 0 Å². The van der Waals surface area contributed by atoms with Crippen molar-refractivity contribution in [3.63, 3.8) is 0 Å². The maximum atomic E-state index is 12.3. The molecule has 24 heavy (non-hydrogen) atoms. The lowest BCUT2D eigenvalue weighted by Gasteiger charge is -2.18. The van der Waals surface area contributed by atoms with E-state index in [2.05, 4.69) is 11.0 Å². The van der Waals surface area contributed by atoms with E-state index >= 15 is 0 Å². The van der Waals surface area contributed by atoms with Crippen LogP contribution < -0.4 is 10.6 Å². The van der Waals surface area contributed by atoms with Gasteiger partial charge in [-0.05, 0) is 36.2 Å². The molecule has 2 N–H and O–H groups in total. The van der Waals surface area contributed by atoms with E-state index in [0.717, 1.165) is 36.3 Å². The van der Waals surface area contributed by atoms with E-state index in [1.54, 1.807) is 0 Å².